The molecule has 2 unspecified atom stereocenters. The van der Waals surface area contributed by atoms with E-state index >= 15 is 0 Å². The zero-order chi connectivity index (χ0) is 18.4. The zero-order valence-electron chi connectivity index (χ0n) is 14.7. The van der Waals surface area contributed by atoms with Gasteiger partial charge in [-0.3, -0.25) is 0 Å². The minimum absolute atomic E-state index is 0. The van der Waals surface area contributed by atoms with Crippen LogP contribution < -0.4 is 5.32 Å². The molecular formula is C21H23Cl2NO2S. The van der Waals surface area contributed by atoms with Gasteiger partial charge < -0.3 is 15.5 Å². The first-order valence-electron chi connectivity index (χ1n) is 8.54. The van der Waals surface area contributed by atoms with Crippen LogP contribution in [0.15, 0.2) is 71.4 Å². The summed E-state index contributed by atoms with van der Waals surface area (Å²) in [5, 5.41) is 29.5. The first kappa shape index (κ1) is 21.9. The van der Waals surface area contributed by atoms with Crippen molar-refractivity contribution < 1.29 is 10.2 Å². The summed E-state index contributed by atoms with van der Waals surface area (Å²) in [5.41, 5.74) is 1.55. The molecule has 3 aromatic rings. The van der Waals surface area contributed by atoms with Crippen molar-refractivity contribution in [1.29, 1.82) is 0 Å². The maximum atomic E-state index is 11.3. The van der Waals surface area contributed by atoms with Gasteiger partial charge in [-0.2, -0.15) is 11.3 Å². The van der Waals surface area contributed by atoms with Crippen LogP contribution in [-0.4, -0.2) is 23.3 Å². The molecule has 27 heavy (non-hydrogen) atoms. The molecule has 3 rings (SSSR count). The molecule has 0 radical (unpaired) electrons. The van der Waals surface area contributed by atoms with Gasteiger partial charge in [0, 0.05) is 11.6 Å². The molecule has 0 aliphatic carbocycles. The van der Waals surface area contributed by atoms with E-state index in [1.807, 2.05) is 59.3 Å². The Hall–Kier alpha value is -1.40. The number of benzene rings is 2. The Bertz CT molecular complexity index is 797. The minimum Gasteiger partial charge on any atom is -0.387 e. The topological polar surface area (TPSA) is 52.5 Å². The quantitative estimate of drug-likeness (QED) is 0.457. The van der Waals surface area contributed by atoms with E-state index in [0.29, 0.717) is 24.5 Å². The average Bonchev–Trinajstić information content (AvgIpc) is 3.21. The highest BCUT2D eigenvalue weighted by Gasteiger charge is 2.31. The molecule has 3 N–H and O–H groups in total. The van der Waals surface area contributed by atoms with E-state index in [-0.39, 0.29) is 12.4 Å². The number of aliphatic hydroxyl groups excluding tert-OH is 1. The van der Waals surface area contributed by atoms with E-state index in [9.17, 15) is 10.2 Å². The fourth-order valence-corrected chi connectivity index (χ4v) is 3.83. The average molecular weight is 424 g/mol. The van der Waals surface area contributed by atoms with Gasteiger partial charge in [0.2, 0.25) is 0 Å². The molecule has 0 aliphatic heterocycles. The Balaban J connectivity index is 0.00000261. The van der Waals surface area contributed by atoms with E-state index in [4.69, 9.17) is 11.6 Å². The van der Waals surface area contributed by atoms with Gasteiger partial charge in [-0.25, -0.2) is 0 Å². The molecule has 0 spiro atoms. The van der Waals surface area contributed by atoms with Crippen molar-refractivity contribution in [3.8, 4) is 0 Å². The van der Waals surface area contributed by atoms with E-state index in [0.717, 1.165) is 16.7 Å². The zero-order valence-corrected chi connectivity index (χ0v) is 17.1. The highest BCUT2D eigenvalue weighted by atomic mass is 35.5. The number of nitrogens with one attached hydrogen (secondary N) is 1. The van der Waals surface area contributed by atoms with E-state index in [1.165, 1.54) is 0 Å². The van der Waals surface area contributed by atoms with E-state index in [2.05, 4.69) is 5.32 Å². The van der Waals surface area contributed by atoms with Gasteiger partial charge in [-0.05, 0) is 58.6 Å². The SMILES string of the molecule is Cl.OC(CNCCC(O)(c1ccccc1)c1ccsc1)c1ccc(Cl)cc1. The third kappa shape index (κ3) is 5.55. The second-order valence-corrected chi connectivity index (χ2v) is 7.48. The van der Waals surface area contributed by atoms with Gasteiger partial charge in [-0.1, -0.05) is 54.1 Å². The number of halogens is 2. The molecule has 1 aromatic heterocycles. The lowest BCUT2D eigenvalue weighted by atomic mass is 9.85. The molecule has 0 fully saturated rings. The number of thiophene rings is 1. The van der Waals surface area contributed by atoms with Gasteiger partial charge in [0.05, 0.1) is 6.10 Å². The largest absolute Gasteiger partial charge is 0.387 e. The molecule has 0 amide bonds. The molecule has 144 valence electrons. The predicted molar refractivity (Wildman–Crippen MR) is 115 cm³/mol. The second kappa shape index (κ2) is 10.2. The molecule has 0 aliphatic rings. The number of hydrogen-bond donors (Lipinski definition) is 3. The first-order chi connectivity index (χ1) is 12.6. The van der Waals surface area contributed by atoms with Crippen LogP contribution in [0.5, 0.6) is 0 Å². The summed E-state index contributed by atoms with van der Waals surface area (Å²) in [6.45, 7) is 0.988. The van der Waals surface area contributed by atoms with Crippen LogP contribution in [0.4, 0.5) is 0 Å². The highest BCUT2D eigenvalue weighted by Crippen LogP contribution is 2.33. The Morgan fingerprint density at radius 1 is 1.00 bits per heavy atom. The smallest absolute Gasteiger partial charge is 0.117 e. The van der Waals surface area contributed by atoms with E-state index in [1.54, 1.807) is 23.5 Å². The van der Waals surface area contributed by atoms with Crippen LogP contribution in [0.1, 0.15) is 29.2 Å². The summed E-state index contributed by atoms with van der Waals surface area (Å²) in [6, 6.07) is 18.8. The van der Waals surface area contributed by atoms with Crippen molar-refractivity contribution in [2.45, 2.75) is 18.1 Å². The van der Waals surface area contributed by atoms with Crippen LogP contribution in [0, 0.1) is 0 Å². The van der Waals surface area contributed by atoms with Gasteiger partial charge in [0.1, 0.15) is 5.60 Å². The predicted octanol–water partition coefficient (Wildman–Crippen LogP) is 4.77. The molecule has 0 saturated heterocycles. The lowest BCUT2D eigenvalue weighted by Gasteiger charge is -2.28. The fraction of sp³-hybridized carbons (Fsp3) is 0.238. The summed E-state index contributed by atoms with van der Waals surface area (Å²) in [5.74, 6) is 0. The standard InChI is InChI=1S/C21H22ClNO2S.ClH/c22-19-8-6-16(7-9-19)20(24)14-23-12-11-21(25,18-10-13-26-15-18)17-4-2-1-3-5-17;/h1-10,13,15,20,23-25H,11-12,14H2;1H. The van der Waals surface area contributed by atoms with Crippen molar-refractivity contribution in [2.75, 3.05) is 13.1 Å². The molecule has 6 heteroatoms. The fourth-order valence-electron chi connectivity index (χ4n) is 2.98. The normalized spacial score (nSPS) is 14.2. The Morgan fingerprint density at radius 2 is 1.70 bits per heavy atom. The molecule has 0 saturated carbocycles. The van der Waals surface area contributed by atoms with Crippen molar-refractivity contribution >= 4 is 35.3 Å². The number of aliphatic hydroxyl groups is 2. The van der Waals surface area contributed by atoms with Crippen molar-refractivity contribution in [3.63, 3.8) is 0 Å². The van der Waals surface area contributed by atoms with Crippen LogP contribution in [-0.2, 0) is 5.60 Å². The molecule has 3 nitrogen and oxygen atoms in total. The monoisotopic (exact) mass is 423 g/mol. The van der Waals surface area contributed by atoms with E-state index < -0.39 is 11.7 Å². The first-order valence-corrected chi connectivity index (χ1v) is 9.86. The van der Waals surface area contributed by atoms with Crippen molar-refractivity contribution in [3.05, 3.63) is 93.1 Å². The van der Waals surface area contributed by atoms with Crippen LogP contribution in [0.2, 0.25) is 5.02 Å². The Morgan fingerprint density at radius 3 is 2.33 bits per heavy atom. The molecule has 1 heterocycles. The summed E-state index contributed by atoms with van der Waals surface area (Å²) in [7, 11) is 0. The van der Waals surface area contributed by atoms with Crippen LogP contribution >= 0.6 is 35.3 Å². The summed E-state index contributed by atoms with van der Waals surface area (Å²) in [4.78, 5) is 0. The number of rotatable bonds is 8. The van der Waals surface area contributed by atoms with Crippen molar-refractivity contribution in [2.24, 2.45) is 0 Å². The number of hydrogen-bond acceptors (Lipinski definition) is 4. The summed E-state index contributed by atoms with van der Waals surface area (Å²) in [6.07, 6.45) is -0.0978. The molecule has 0 bridgehead atoms. The third-order valence-electron chi connectivity index (χ3n) is 4.51. The third-order valence-corrected chi connectivity index (χ3v) is 5.44. The van der Waals surface area contributed by atoms with Gasteiger partial charge in [-0.15, -0.1) is 12.4 Å². The summed E-state index contributed by atoms with van der Waals surface area (Å²) < 4.78 is 0. The van der Waals surface area contributed by atoms with Gasteiger partial charge >= 0.3 is 0 Å². The lowest BCUT2D eigenvalue weighted by Crippen LogP contribution is -2.33. The van der Waals surface area contributed by atoms with Gasteiger partial charge in [0.25, 0.3) is 0 Å². The Kier molecular flexibility index (Phi) is 8.29. The molecular weight excluding hydrogens is 401 g/mol. The highest BCUT2D eigenvalue weighted by molar-refractivity contribution is 7.08. The van der Waals surface area contributed by atoms with Gasteiger partial charge in [0.15, 0.2) is 0 Å². The second-order valence-electron chi connectivity index (χ2n) is 6.26. The minimum atomic E-state index is -1.04. The van der Waals surface area contributed by atoms with Crippen LogP contribution in [0.25, 0.3) is 0 Å². The maximum absolute atomic E-state index is 11.3. The molecule has 2 atom stereocenters. The molecule has 2 aromatic carbocycles. The maximum Gasteiger partial charge on any atom is 0.117 e. The van der Waals surface area contributed by atoms with Crippen molar-refractivity contribution in [1.82, 2.24) is 5.32 Å². The summed E-state index contributed by atoms with van der Waals surface area (Å²) >= 11 is 7.45. The lowest BCUT2D eigenvalue weighted by molar-refractivity contribution is 0.0699. The Labute approximate surface area is 175 Å². The van der Waals surface area contributed by atoms with Crippen LogP contribution in [0.3, 0.4) is 0 Å².